The molecule has 1 fully saturated rings. The summed E-state index contributed by atoms with van der Waals surface area (Å²) in [6.45, 7) is 10.0. The molecule has 1 aliphatic heterocycles. The van der Waals surface area contributed by atoms with Crippen molar-refractivity contribution in [2.45, 2.75) is 26.4 Å². The zero-order valence-electron chi connectivity index (χ0n) is 13.5. The molecule has 1 unspecified atom stereocenters. The van der Waals surface area contributed by atoms with Gasteiger partial charge in [-0.05, 0) is 26.1 Å². The Labute approximate surface area is 129 Å². The number of morpholine rings is 1. The predicted octanol–water partition coefficient (Wildman–Crippen LogP) is -0.527. The van der Waals surface area contributed by atoms with Gasteiger partial charge in [0, 0.05) is 33.2 Å². The van der Waals surface area contributed by atoms with Gasteiger partial charge in [-0.15, -0.1) is 0 Å². The topological polar surface area (TPSA) is 73.9 Å². The summed E-state index contributed by atoms with van der Waals surface area (Å²) in [5.74, 6) is 0. The molecule has 0 saturated carbocycles. The molecule has 2 N–H and O–H groups in total. The van der Waals surface area contributed by atoms with Crippen LogP contribution in [-0.4, -0.2) is 83.2 Å². The third-order valence-electron chi connectivity index (χ3n) is 3.65. The number of hydrogen-bond donors (Lipinski definition) is 2. The van der Waals surface area contributed by atoms with Gasteiger partial charge in [0.25, 0.3) is 10.2 Å². The number of nitrogens with one attached hydrogen (secondary N) is 2. The van der Waals surface area contributed by atoms with Gasteiger partial charge in [0.05, 0.1) is 12.7 Å². The average molecular weight is 322 g/mol. The molecule has 0 aromatic carbocycles. The fraction of sp³-hybridized carbons (Fsp3) is 1.00. The van der Waals surface area contributed by atoms with E-state index in [0.717, 1.165) is 39.1 Å². The Morgan fingerprint density at radius 2 is 2.14 bits per heavy atom. The van der Waals surface area contributed by atoms with Crippen LogP contribution in [0.1, 0.15) is 20.3 Å². The predicted molar refractivity (Wildman–Crippen MR) is 84.6 cm³/mol. The van der Waals surface area contributed by atoms with E-state index < -0.39 is 10.2 Å². The summed E-state index contributed by atoms with van der Waals surface area (Å²) >= 11 is 0. The van der Waals surface area contributed by atoms with Crippen molar-refractivity contribution in [2.24, 2.45) is 0 Å². The van der Waals surface area contributed by atoms with Gasteiger partial charge in [-0.1, -0.05) is 13.8 Å². The Balaban J connectivity index is 2.31. The van der Waals surface area contributed by atoms with Crippen LogP contribution in [0, 0.1) is 0 Å². The molecular formula is C13H30N4O3S. The lowest BCUT2D eigenvalue weighted by molar-refractivity contribution is -0.0230. The van der Waals surface area contributed by atoms with Gasteiger partial charge in [0.2, 0.25) is 0 Å². The van der Waals surface area contributed by atoms with E-state index in [1.165, 1.54) is 4.31 Å². The zero-order valence-corrected chi connectivity index (χ0v) is 14.3. The van der Waals surface area contributed by atoms with Gasteiger partial charge in [-0.3, -0.25) is 4.90 Å². The minimum absolute atomic E-state index is 0.0661. The molecule has 0 aromatic rings. The molecule has 0 aromatic heterocycles. The highest BCUT2D eigenvalue weighted by atomic mass is 32.2. The third kappa shape index (κ3) is 7.03. The van der Waals surface area contributed by atoms with Crippen LogP contribution in [0.2, 0.25) is 0 Å². The van der Waals surface area contributed by atoms with Crippen LogP contribution in [0.15, 0.2) is 0 Å². The van der Waals surface area contributed by atoms with Crippen molar-refractivity contribution in [3.05, 3.63) is 0 Å². The van der Waals surface area contributed by atoms with Gasteiger partial charge in [-0.2, -0.15) is 17.4 Å². The van der Waals surface area contributed by atoms with Crippen molar-refractivity contribution in [1.82, 2.24) is 19.2 Å². The summed E-state index contributed by atoms with van der Waals surface area (Å²) in [5.41, 5.74) is 0. The van der Waals surface area contributed by atoms with Crippen molar-refractivity contribution in [3.63, 3.8) is 0 Å². The first-order valence-electron chi connectivity index (χ1n) is 7.75. The number of likely N-dealkylation sites (N-methyl/N-ethyl adjacent to an activating group) is 1. The van der Waals surface area contributed by atoms with E-state index in [4.69, 9.17) is 4.74 Å². The first-order valence-corrected chi connectivity index (χ1v) is 9.19. The minimum atomic E-state index is -3.41. The normalized spacial score (nSPS) is 21.0. The van der Waals surface area contributed by atoms with E-state index in [2.05, 4.69) is 21.9 Å². The highest BCUT2D eigenvalue weighted by molar-refractivity contribution is 7.87. The molecule has 1 atom stereocenters. The molecule has 1 saturated heterocycles. The van der Waals surface area contributed by atoms with Crippen LogP contribution in [0.5, 0.6) is 0 Å². The molecule has 0 spiro atoms. The van der Waals surface area contributed by atoms with E-state index in [1.54, 1.807) is 7.05 Å². The summed E-state index contributed by atoms with van der Waals surface area (Å²) in [6.07, 6.45) is 0.734. The second-order valence-electron chi connectivity index (χ2n) is 5.27. The first-order chi connectivity index (χ1) is 9.99. The van der Waals surface area contributed by atoms with Gasteiger partial charge >= 0.3 is 0 Å². The smallest absolute Gasteiger partial charge is 0.279 e. The number of nitrogens with zero attached hydrogens (tertiary/aromatic N) is 2. The van der Waals surface area contributed by atoms with Crippen LogP contribution in [-0.2, 0) is 14.9 Å². The summed E-state index contributed by atoms with van der Waals surface area (Å²) in [5, 5.41) is 3.18. The lowest BCUT2D eigenvalue weighted by Crippen LogP contribution is -2.49. The van der Waals surface area contributed by atoms with Crippen LogP contribution in [0.3, 0.4) is 0 Å². The maximum absolute atomic E-state index is 12.1. The SMILES string of the molecule is CCNCCCN(C)S(=O)(=O)NCC1CN(CC)CCO1. The molecule has 1 heterocycles. The van der Waals surface area contributed by atoms with E-state index in [-0.39, 0.29) is 6.10 Å². The van der Waals surface area contributed by atoms with Gasteiger partial charge in [0.15, 0.2) is 0 Å². The molecule has 7 nitrogen and oxygen atoms in total. The van der Waals surface area contributed by atoms with E-state index in [0.29, 0.717) is 19.7 Å². The molecular weight excluding hydrogens is 292 g/mol. The fourth-order valence-electron chi connectivity index (χ4n) is 2.22. The van der Waals surface area contributed by atoms with Crippen LogP contribution >= 0.6 is 0 Å². The highest BCUT2D eigenvalue weighted by Crippen LogP contribution is 2.05. The lowest BCUT2D eigenvalue weighted by atomic mass is 10.3. The monoisotopic (exact) mass is 322 g/mol. The number of hydrogen-bond acceptors (Lipinski definition) is 5. The lowest BCUT2D eigenvalue weighted by Gasteiger charge is -2.32. The maximum atomic E-state index is 12.1. The maximum Gasteiger partial charge on any atom is 0.279 e. The first kappa shape index (κ1) is 18.8. The quantitative estimate of drug-likeness (QED) is 0.529. The van der Waals surface area contributed by atoms with E-state index in [9.17, 15) is 8.42 Å². The van der Waals surface area contributed by atoms with Gasteiger partial charge < -0.3 is 10.1 Å². The van der Waals surface area contributed by atoms with Crippen molar-refractivity contribution < 1.29 is 13.2 Å². The van der Waals surface area contributed by atoms with Gasteiger partial charge in [-0.25, -0.2) is 0 Å². The summed E-state index contributed by atoms with van der Waals surface area (Å²) in [6, 6.07) is 0. The second-order valence-corrected chi connectivity index (χ2v) is 7.13. The number of ether oxygens (including phenoxy) is 1. The molecule has 8 heteroatoms. The largest absolute Gasteiger partial charge is 0.374 e. The van der Waals surface area contributed by atoms with Crippen LogP contribution in [0.4, 0.5) is 0 Å². The molecule has 1 aliphatic rings. The van der Waals surface area contributed by atoms with Gasteiger partial charge in [0.1, 0.15) is 0 Å². The Morgan fingerprint density at radius 1 is 1.38 bits per heavy atom. The molecule has 0 bridgehead atoms. The molecule has 1 rings (SSSR count). The highest BCUT2D eigenvalue weighted by Gasteiger charge is 2.23. The van der Waals surface area contributed by atoms with E-state index in [1.807, 2.05) is 6.92 Å². The van der Waals surface area contributed by atoms with E-state index >= 15 is 0 Å². The number of rotatable bonds is 10. The summed E-state index contributed by atoms with van der Waals surface area (Å²) < 4.78 is 33.8. The molecule has 0 amide bonds. The zero-order chi connectivity index (χ0) is 15.7. The molecule has 126 valence electrons. The standard InChI is InChI=1S/C13H30N4O3S/c1-4-14-7-6-8-16(3)21(18,19)15-11-13-12-17(5-2)9-10-20-13/h13-15H,4-12H2,1-3H3. The average Bonchev–Trinajstić information content (AvgIpc) is 2.49. The summed E-state index contributed by atoms with van der Waals surface area (Å²) in [7, 11) is -1.81. The third-order valence-corrected chi connectivity index (χ3v) is 5.19. The second kappa shape index (κ2) is 9.70. The van der Waals surface area contributed by atoms with Crippen LogP contribution < -0.4 is 10.0 Å². The Hall–Kier alpha value is -0.250. The molecule has 0 aliphatic carbocycles. The Kier molecular flexibility index (Phi) is 8.69. The van der Waals surface area contributed by atoms with Crippen molar-refractivity contribution >= 4 is 10.2 Å². The van der Waals surface area contributed by atoms with Crippen molar-refractivity contribution in [1.29, 1.82) is 0 Å². The fourth-order valence-corrected chi connectivity index (χ4v) is 3.21. The van der Waals surface area contributed by atoms with Crippen molar-refractivity contribution in [2.75, 3.05) is 59.5 Å². The Morgan fingerprint density at radius 3 is 2.81 bits per heavy atom. The molecule has 0 radical (unpaired) electrons. The van der Waals surface area contributed by atoms with Crippen molar-refractivity contribution in [3.8, 4) is 0 Å². The van der Waals surface area contributed by atoms with Crippen LogP contribution in [0.25, 0.3) is 0 Å². The summed E-state index contributed by atoms with van der Waals surface area (Å²) in [4.78, 5) is 2.27. The molecule has 21 heavy (non-hydrogen) atoms. The minimum Gasteiger partial charge on any atom is -0.374 e. The Bertz CT molecular complexity index is 378.